The molecule has 6 heteroatoms. The monoisotopic (exact) mass is 456 g/mol. The maximum atomic E-state index is 4.11. The van der Waals surface area contributed by atoms with E-state index in [1.54, 1.807) is 0 Å². The summed E-state index contributed by atoms with van der Waals surface area (Å²) < 4.78 is 0. The molecule has 32 heavy (non-hydrogen) atoms. The fraction of sp³-hybridized carbons (Fsp3) is 0.0769. The molecule has 0 atom stereocenters. The lowest BCUT2D eigenvalue weighted by atomic mass is 10.4. The highest BCUT2D eigenvalue weighted by atomic mass is 31.2. The summed E-state index contributed by atoms with van der Waals surface area (Å²) >= 11 is 0. The minimum Gasteiger partial charge on any atom is -0.225 e. The molecule has 4 rings (SSSR count). The first kappa shape index (κ1) is 23.0. The van der Waals surface area contributed by atoms with Gasteiger partial charge in [0, 0.05) is 13.1 Å². The lowest BCUT2D eigenvalue weighted by molar-refractivity contribution is 0.859. The van der Waals surface area contributed by atoms with Crippen LogP contribution >= 0.6 is 14.6 Å². The van der Waals surface area contributed by atoms with Crippen molar-refractivity contribution >= 4 is 50.9 Å². The van der Waals surface area contributed by atoms with E-state index in [0.717, 1.165) is 13.1 Å². The van der Waals surface area contributed by atoms with Crippen molar-refractivity contribution in [1.82, 2.24) is 10.2 Å². The van der Waals surface area contributed by atoms with E-state index in [9.17, 15) is 0 Å². The molecule has 162 valence electrons. The van der Waals surface area contributed by atoms with E-state index in [1.807, 2.05) is 0 Å². The molecule has 0 saturated carbocycles. The van der Waals surface area contributed by atoms with Gasteiger partial charge in [-0.2, -0.15) is 0 Å². The molecule has 0 saturated heterocycles. The summed E-state index contributed by atoms with van der Waals surface area (Å²) in [6.07, 6.45) is 0. The zero-order valence-corrected chi connectivity index (χ0v) is 18.6. The first-order valence-electron chi connectivity index (χ1n) is 10.2. The summed E-state index contributed by atoms with van der Waals surface area (Å²) in [7, 11) is -2.71. The predicted molar refractivity (Wildman–Crippen MR) is 154 cm³/mol. The van der Waals surface area contributed by atoms with Gasteiger partial charge in [0.25, 0.3) is 0 Å². The molecule has 0 aliphatic heterocycles. The van der Waals surface area contributed by atoms with Gasteiger partial charge in [0.2, 0.25) is 0 Å². The molecule has 0 spiro atoms. The van der Waals surface area contributed by atoms with Crippen LogP contribution in [0.15, 0.2) is 121 Å². The number of benzene rings is 4. The Morgan fingerprint density at radius 2 is 0.625 bits per heavy atom. The van der Waals surface area contributed by atoms with Gasteiger partial charge in [-0.05, 0) is 63.1 Å². The average Bonchev–Trinajstić information content (AvgIpc) is 2.88. The van der Waals surface area contributed by atoms with Crippen molar-refractivity contribution in [1.29, 1.82) is 0 Å². The van der Waals surface area contributed by atoms with E-state index >= 15 is 0 Å². The molecule has 2 nitrogen and oxygen atoms in total. The summed E-state index contributed by atoms with van der Waals surface area (Å²) in [5.74, 6) is 0. The molecule has 0 aliphatic carbocycles. The second-order valence-electron chi connectivity index (χ2n) is 6.83. The van der Waals surface area contributed by atoms with Gasteiger partial charge in [-0.3, -0.25) is 0 Å². The van der Waals surface area contributed by atoms with Crippen LogP contribution in [-0.4, -0.2) is 28.2 Å². The summed E-state index contributed by atoms with van der Waals surface area (Å²) in [5.41, 5.74) is 0. The Morgan fingerprint density at radius 3 is 0.844 bits per heavy atom. The largest absolute Gasteiger partial charge is 0.225 e. The lowest BCUT2D eigenvalue weighted by Crippen LogP contribution is -2.40. The van der Waals surface area contributed by atoms with Gasteiger partial charge in [-0.15, -0.1) is 0 Å². The molecule has 0 heterocycles. The van der Waals surface area contributed by atoms with Gasteiger partial charge in [0.1, 0.15) is 0 Å². The van der Waals surface area contributed by atoms with Crippen LogP contribution in [0.3, 0.4) is 0 Å². The van der Waals surface area contributed by atoms with Crippen molar-refractivity contribution in [3.05, 3.63) is 121 Å². The topological polar surface area (TPSA) is 24.1 Å². The van der Waals surface area contributed by atoms with Crippen molar-refractivity contribution < 1.29 is 0 Å². The third-order valence-electron chi connectivity index (χ3n) is 4.72. The smallest absolute Gasteiger partial charge is 0.156 e. The molecule has 4 aromatic carbocycles. The molecule has 0 amide bonds. The summed E-state index contributed by atoms with van der Waals surface area (Å²) in [6, 6.07) is 44.7. The normalized spacial score (nSPS) is 11.9. The van der Waals surface area contributed by atoms with E-state index in [1.165, 1.54) is 21.2 Å². The molecule has 0 aliphatic rings. The molecular weight excluding hydrogens is 424 g/mol. The predicted octanol–water partition coefficient (Wildman–Crippen LogP) is 1.89. The van der Waals surface area contributed by atoms with Gasteiger partial charge < -0.3 is 0 Å². The van der Waals surface area contributed by atoms with Crippen molar-refractivity contribution in [2.75, 3.05) is 13.1 Å². The maximum absolute atomic E-state index is 4.11. The van der Waals surface area contributed by atoms with Gasteiger partial charge >= 0.3 is 0 Å². The Hall–Kier alpha value is -2.21. The van der Waals surface area contributed by atoms with Crippen LogP contribution in [0.5, 0.6) is 0 Å². The average molecular weight is 456 g/mol. The standard InChI is InChI=1S/C26H32B2N2P2/c27-31(23-13-5-1-6-14-23,24-15-7-2-8-16-24)29-21-22-30-32(28,25-17-9-3-10-18-25)26-19-11-4-12-20-26/h1-20,29-30H,21-22H2,27-28H3. The van der Waals surface area contributed by atoms with Gasteiger partial charge in [0.05, 0.1) is 21.2 Å². The van der Waals surface area contributed by atoms with E-state index in [4.69, 9.17) is 0 Å². The van der Waals surface area contributed by atoms with E-state index in [2.05, 4.69) is 132 Å². The molecule has 0 fully saturated rings. The highest BCUT2D eigenvalue weighted by molar-refractivity contribution is 8.07. The molecule has 4 aromatic rings. The fourth-order valence-electron chi connectivity index (χ4n) is 3.31. The third kappa shape index (κ3) is 5.06. The Bertz CT molecular complexity index is 928. The first-order valence-corrected chi connectivity index (χ1v) is 12.9. The highest BCUT2D eigenvalue weighted by Gasteiger charge is 2.32. The minimum atomic E-state index is -1.41. The Morgan fingerprint density at radius 1 is 0.406 bits per heavy atom. The molecular formula is C26H32B2N2P2. The number of hydrogen-bond donors (Lipinski definition) is 2. The maximum Gasteiger partial charge on any atom is 0.156 e. The molecule has 0 bridgehead atoms. The quantitative estimate of drug-likeness (QED) is 0.229. The number of nitrogens with one attached hydrogen (secondary N) is 2. The van der Waals surface area contributed by atoms with Crippen LogP contribution in [0.1, 0.15) is 0 Å². The summed E-state index contributed by atoms with van der Waals surface area (Å²) in [6.45, 7) is 2.02. The van der Waals surface area contributed by atoms with Crippen molar-refractivity contribution in [3.63, 3.8) is 0 Å². The second-order valence-corrected chi connectivity index (χ2v) is 10.9. The van der Waals surface area contributed by atoms with Crippen LogP contribution in [0, 0.1) is 0 Å². The molecule has 2 N–H and O–H groups in total. The molecule has 0 unspecified atom stereocenters. The second kappa shape index (κ2) is 10.6. The third-order valence-corrected chi connectivity index (χ3v) is 9.06. The van der Waals surface area contributed by atoms with Crippen molar-refractivity contribution in [3.8, 4) is 0 Å². The van der Waals surface area contributed by atoms with Crippen LogP contribution in [0.25, 0.3) is 0 Å². The van der Waals surface area contributed by atoms with E-state index < -0.39 is 14.6 Å². The first-order chi connectivity index (χ1) is 15.6. The zero-order valence-electron chi connectivity index (χ0n) is 16.9. The van der Waals surface area contributed by atoms with Gasteiger partial charge in [0.15, 0.2) is 15.1 Å². The number of rotatable bonds is 9. The summed E-state index contributed by atoms with van der Waals surface area (Å²) in [5, 5.41) is 14.3. The highest BCUT2D eigenvalue weighted by Crippen LogP contribution is 2.48. The van der Waals surface area contributed by atoms with Gasteiger partial charge in [-0.1, -0.05) is 72.8 Å². The van der Waals surface area contributed by atoms with Gasteiger partial charge in [-0.25, -0.2) is 10.2 Å². The minimum absolute atomic E-state index is 0.0525. The van der Waals surface area contributed by atoms with Crippen molar-refractivity contribution in [2.24, 2.45) is 0 Å². The fourth-order valence-corrected chi connectivity index (χ4v) is 7.19. The van der Waals surface area contributed by atoms with Crippen molar-refractivity contribution in [2.45, 2.75) is 0 Å². The van der Waals surface area contributed by atoms with Crippen LogP contribution < -0.4 is 31.4 Å². The zero-order chi connectivity index (χ0) is 22.3. The van der Waals surface area contributed by atoms with Crippen LogP contribution in [0.4, 0.5) is 0 Å². The molecule has 0 aromatic heterocycles. The number of hydrogen-bond acceptors (Lipinski definition) is 2. The van der Waals surface area contributed by atoms with E-state index in [0.29, 0.717) is 0 Å². The molecule has 0 radical (unpaired) electrons. The lowest BCUT2D eigenvalue weighted by Gasteiger charge is -2.33. The SMILES string of the molecule is [BH3-][P+](NCCN[P+]([BH3-])(c1ccccc1)c1ccccc1)(c1ccccc1)c1ccccc1. The Labute approximate surface area is 195 Å². The Balaban J connectivity index is 1.54. The van der Waals surface area contributed by atoms with Crippen LogP contribution in [-0.2, 0) is 0 Å². The Kier molecular flexibility index (Phi) is 7.61. The van der Waals surface area contributed by atoms with Crippen LogP contribution in [0.2, 0.25) is 0 Å². The summed E-state index contributed by atoms with van der Waals surface area (Å²) in [4.78, 5) is 0. The van der Waals surface area contributed by atoms with E-state index in [-0.39, 0.29) is 15.1 Å².